The van der Waals surface area contributed by atoms with Gasteiger partial charge in [0.15, 0.2) is 0 Å². The third-order valence-electron chi connectivity index (χ3n) is 2.24. The van der Waals surface area contributed by atoms with Gasteiger partial charge < -0.3 is 16.4 Å². The van der Waals surface area contributed by atoms with E-state index in [2.05, 4.69) is 10.6 Å². The number of nitrogens with two attached hydrogens (primary N) is 1. The Bertz CT molecular complexity index is 461. The van der Waals surface area contributed by atoms with Crippen LogP contribution in [0.15, 0.2) is 18.2 Å². The van der Waals surface area contributed by atoms with Gasteiger partial charge in [-0.1, -0.05) is 11.6 Å². The fraction of sp³-hybridized carbons (Fsp3) is 0.333. The molecule has 1 unspecified atom stereocenters. The highest BCUT2D eigenvalue weighted by atomic mass is 35.5. The van der Waals surface area contributed by atoms with Crippen molar-refractivity contribution in [2.75, 3.05) is 12.4 Å². The number of amides is 2. The number of halogens is 1. The first-order valence-electron chi connectivity index (χ1n) is 5.51. The van der Waals surface area contributed by atoms with Gasteiger partial charge in [-0.15, -0.1) is 0 Å². The number of carbonyl (C=O) groups excluding carboxylic acids is 2. The lowest BCUT2D eigenvalue weighted by molar-refractivity contribution is -0.116. The minimum absolute atomic E-state index is 0.195. The van der Waals surface area contributed by atoms with E-state index in [0.29, 0.717) is 16.3 Å². The molecule has 1 aromatic carbocycles. The van der Waals surface area contributed by atoms with Crippen LogP contribution in [0.1, 0.15) is 23.7 Å². The zero-order valence-electron chi connectivity index (χ0n) is 10.3. The molecule has 6 heteroatoms. The second-order valence-electron chi connectivity index (χ2n) is 4.00. The number of nitrogens with one attached hydrogen (secondary N) is 2. The van der Waals surface area contributed by atoms with Gasteiger partial charge in [-0.3, -0.25) is 9.59 Å². The van der Waals surface area contributed by atoms with Crippen LogP contribution in [0.5, 0.6) is 0 Å². The molecule has 4 N–H and O–H groups in total. The molecule has 2 amide bonds. The van der Waals surface area contributed by atoms with Crippen LogP contribution in [0.4, 0.5) is 5.69 Å². The number of rotatable bonds is 4. The Labute approximate surface area is 111 Å². The van der Waals surface area contributed by atoms with Crippen LogP contribution in [0.25, 0.3) is 0 Å². The van der Waals surface area contributed by atoms with Crippen molar-refractivity contribution in [3.63, 3.8) is 0 Å². The van der Waals surface area contributed by atoms with Crippen molar-refractivity contribution in [1.82, 2.24) is 5.32 Å². The zero-order chi connectivity index (χ0) is 13.7. The average molecular weight is 270 g/mol. The van der Waals surface area contributed by atoms with Crippen molar-refractivity contribution in [2.24, 2.45) is 5.73 Å². The summed E-state index contributed by atoms with van der Waals surface area (Å²) in [7, 11) is 1.53. The second kappa shape index (κ2) is 6.37. The Morgan fingerprint density at radius 1 is 1.44 bits per heavy atom. The van der Waals surface area contributed by atoms with Crippen molar-refractivity contribution in [1.29, 1.82) is 0 Å². The molecule has 0 saturated heterocycles. The van der Waals surface area contributed by atoms with Crippen LogP contribution in [-0.4, -0.2) is 24.9 Å². The molecule has 0 aliphatic carbocycles. The van der Waals surface area contributed by atoms with E-state index in [1.165, 1.54) is 13.1 Å². The smallest absolute Gasteiger partial charge is 0.251 e. The molecule has 0 bridgehead atoms. The van der Waals surface area contributed by atoms with Crippen molar-refractivity contribution in [2.45, 2.75) is 19.4 Å². The molecule has 0 spiro atoms. The van der Waals surface area contributed by atoms with Crippen molar-refractivity contribution in [3.8, 4) is 0 Å². The van der Waals surface area contributed by atoms with E-state index < -0.39 is 0 Å². The van der Waals surface area contributed by atoms with Crippen LogP contribution in [0.2, 0.25) is 5.02 Å². The minimum Gasteiger partial charge on any atom is -0.355 e. The molecule has 0 aliphatic rings. The predicted octanol–water partition coefficient (Wildman–Crippen LogP) is 1.38. The van der Waals surface area contributed by atoms with Crippen LogP contribution >= 0.6 is 11.6 Å². The van der Waals surface area contributed by atoms with E-state index in [-0.39, 0.29) is 24.3 Å². The summed E-state index contributed by atoms with van der Waals surface area (Å²) >= 11 is 5.95. The molecule has 98 valence electrons. The van der Waals surface area contributed by atoms with Gasteiger partial charge in [0.2, 0.25) is 5.91 Å². The Kier molecular flexibility index (Phi) is 5.12. The maximum Gasteiger partial charge on any atom is 0.251 e. The maximum atomic E-state index is 11.6. The molecule has 18 heavy (non-hydrogen) atoms. The third kappa shape index (κ3) is 4.01. The molecule has 0 aromatic heterocycles. The summed E-state index contributed by atoms with van der Waals surface area (Å²) in [5.74, 6) is -0.477. The molecule has 5 nitrogen and oxygen atoms in total. The fourth-order valence-electron chi connectivity index (χ4n) is 1.40. The molecule has 0 aliphatic heterocycles. The van der Waals surface area contributed by atoms with Gasteiger partial charge in [-0.2, -0.15) is 0 Å². The SMILES string of the molecule is CNC(=O)c1ccc(Cl)c(NC(=O)CC(C)N)c1. The van der Waals surface area contributed by atoms with Crippen LogP contribution < -0.4 is 16.4 Å². The highest BCUT2D eigenvalue weighted by Crippen LogP contribution is 2.23. The topological polar surface area (TPSA) is 84.2 Å². The third-order valence-corrected chi connectivity index (χ3v) is 2.57. The normalized spacial score (nSPS) is 11.8. The molecule has 0 heterocycles. The van der Waals surface area contributed by atoms with Gasteiger partial charge in [0.1, 0.15) is 0 Å². The van der Waals surface area contributed by atoms with Crippen molar-refractivity contribution < 1.29 is 9.59 Å². The summed E-state index contributed by atoms with van der Waals surface area (Å²) in [5.41, 5.74) is 6.36. The minimum atomic E-state index is -0.241. The Morgan fingerprint density at radius 3 is 2.67 bits per heavy atom. The molecular formula is C12H16ClN3O2. The molecule has 1 aromatic rings. The van der Waals surface area contributed by atoms with E-state index in [0.717, 1.165) is 0 Å². The summed E-state index contributed by atoms with van der Waals surface area (Å²) in [5, 5.41) is 5.50. The van der Waals surface area contributed by atoms with E-state index in [1.807, 2.05) is 0 Å². The number of benzene rings is 1. The van der Waals surface area contributed by atoms with E-state index in [9.17, 15) is 9.59 Å². The predicted molar refractivity (Wildman–Crippen MR) is 71.7 cm³/mol. The van der Waals surface area contributed by atoms with Crippen molar-refractivity contribution >= 4 is 29.1 Å². The summed E-state index contributed by atoms with van der Waals surface area (Å²) in [6.07, 6.45) is 0.195. The number of hydrogen-bond donors (Lipinski definition) is 3. The van der Waals surface area contributed by atoms with E-state index >= 15 is 0 Å². The average Bonchev–Trinajstić information content (AvgIpc) is 2.30. The van der Waals surface area contributed by atoms with E-state index in [1.54, 1.807) is 19.1 Å². The van der Waals surface area contributed by atoms with Gasteiger partial charge in [-0.05, 0) is 25.1 Å². The molecule has 0 radical (unpaired) electrons. The highest BCUT2D eigenvalue weighted by molar-refractivity contribution is 6.33. The van der Waals surface area contributed by atoms with Crippen LogP contribution in [-0.2, 0) is 4.79 Å². The molecule has 1 rings (SSSR count). The van der Waals surface area contributed by atoms with Crippen molar-refractivity contribution in [3.05, 3.63) is 28.8 Å². The fourth-order valence-corrected chi connectivity index (χ4v) is 1.57. The van der Waals surface area contributed by atoms with E-state index in [4.69, 9.17) is 17.3 Å². The number of carbonyl (C=O) groups is 2. The van der Waals surface area contributed by atoms with Gasteiger partial charge in [0.25, 0.3) is 5.91 Å². The van der Waals surface area contributed by atoms with Gasteiger partial charge in [0, 0.05) is 25.1 Å². The van der Waals surface area contributed by atoms with Crippen LogP contribution in [0.3, 0.4) is 0 Å². The lowest BCUT2D eigenvalue weighted by Gasteiger charge is -2.10. The summed E-state index contributed by atoms with van der Waals surface area (Å²) in [6, 6.07) is 4.45. The highest BCUT2D eigenvalue weighted by Gasteiger charge is 2.11. The summed E-state index contributed by atoms with van der Waals surface area (Å²) in [6.45, 7) is 1.74. The largest absolute Gasteiger partial charge is 0.355 e. The Balaban J connectivity index is 2.87. The Hall–Kier alpha value is -1.59. The monoisotopic (exact) mass is 269 g/mol. The molecule has 0 saturated carbocycles. The van der Waals surface area contributed by atoms with Gasteiger partial charge in [0.05, 0.1) is 10.7 Å². The maximum absolute atomic E-state index is 11.6. The number of hydrogen-bond acceptors (Lipinski definition) is 3. The van der Waals surface area contributed by atoms with Gasteiger partial charge >= 0.3 is 0 Å². The quantitative estimate of drug-likeness (QED) is 0.772. The second-order valence-corrected chi connectivity index (χ2v) is 4.41. The Morgan fingerprint density at radius 2 is 2.11 bits per heavy atom. The van der Waals surface area contributed by atoms with Gasteiger partial charge in [-0.25, -0.2) is 0 Å². The lowest BCUT2D eigenvalue weighted by Crippen LogP contribution is -2.24. The first-order chi connectivity index (χ1) is 8.43. The molecular weight excluding hydrogens is 254 g/mol. The standard InChI is InChI=1S/C12H16ClN3O2/c1-7(14)5-11(17)16-10-6-8(12(18)15-2)3-4-9(10)13/h3-4,6-7H,5,14H2,1-2H3,(H,15,18)(H,16,17). The first kappa shape index (κ1) is 14.5. The summed E-state index contributed by atoms with van der Waals surface area (Å²) < 4.78 is 0. The molecule has 0 fully saturated rings. The number of anilines is 1. The van der Waals surface area contributed by atoms with Crippen LogP contribution in [0, 0.1) is 0 Å². The molecule has 1 atom stereocenters. The lowest BCUT2D eigenvalue weighted by atomic mass is 10.1. The summed E-state index contributed by atoms with van der Waals surface area (Å²) in [4.78, 5) is 23.0. The first-order valence-corrected chi connectivity index (χ1v) is 5.89. The zero-order valence-corrected chi connectivity index (χ0v) is 11.0.